The Hall–Kier alpha value is -2.67. The summed E-state index contributed by atoms with van der Waals surface area (Å²) in [5, 5.41) is 3.78. The van der Waals surface area contributed by atoms with E-state index >= 15 is 0 Å². The Labute approximate surface area is 267 Å². The van der Waals surface area contributed by atoms with Gasteiger partial charge in [-0.1, -0.05) is 91.9 Å². The molecule has 0 aliphatic rings. The molecule has 0 aliphatic heterocycles. The molecule has 0 heterocycles. The molecule has 0 atom stereocenters. The van der Waals surface area contributed by atoms with E-state index in [-0.39, 0.29) is 0 Å². The van der Waals surface area contributed by atoms with Crippen LogP contribution in [0.5, 0.6) is 34.5 Å². The highest BCUT2D eigenvalue weighted by atomic mass is 28.3. The zero-order valence-electron chi connectivity index (χ0n) is 26.5. The van der Waals surface area contributed by atoms with Gasteiger partial charge in [-0.15, -0.1) is 0 Å². The van der Waals surface area contributed by atoms with Gasteiger partial charge in [0.15, 0.2) is 34.5 Å². The second kappa shape index (κ2) is 19.6. The SMILES string of the molecule is COc1cccc([Si]CCC[Si](CCC[Si]c2cccc(OC)c2OC)CCC[Si]c2cccc(OC)c2OC)c1OC. The van der Waals surface area contributed by atoms with Crippen LogP contribution in [-0.2, 0) is 0 Å². The lowest BCUT2D eigenvalue weighted by molar-refractivity contribution is 0.357. The molecule has 0 saturated carbocycles. The summed E-state index contributed by atoms with van der Waals surface area (Å²) in [6.45, 7) is 0. The van der Waals surface area contributed by atoms with Crippen molar-refractivity contribution in [2.75, 3.05) is 42.7 Å². The van der Waals surface area contributed by atoms with Crippen molar-refractivity contribution in [3.05, 3.63) is 54.6 Å². The van der Waals surface area contributed by atoms with E-state index in [1.165, 1.54) is 71.1 Å². The van der Waals surface area contributed by atoms with E-state index in [4.69, 9.17) is 28.4 Å². The molecule has 0 unspecified atom stereocenters. The van der Waals surface area contributed by atoms with E-state index < -0.39 is 8.80 Å². The molecule has 10 heteroatoms. The third-order valence-corrected chi connectivity index (χ3v) is 14.6. The van der Waals surface area contributed by atoms with E-state index in [1.807, 2.05) is 18.2 Å². The van der Waals surface area contributed by atoms with E-state index in [1.54, 1.807) is 42.7 Å². The first kappa shape index (κ1) is 34.8. The van der Waals surface area contributed by atoms with Crippen LogP contribution in [0.4, 0.5) is 0 Å². The van der Waals surface area contributed by atoms with Gasteiger partial charge in [-0.25, -0.2) is 0 Å². The molecule has 6 nitrogen and oxygen atoms in total. The van der Waals surface area contributed by atoms with Crippen molar-refractivity contribution in [1.82, 2.24) is 0 Å². The van der Waals surface area contributed by atoms with Gasteiger partial charge in [0.05, 0.1) is 71.2 Å². The average Bonchev–Trinajstić information content (AvgIpc) is 3.05. The number of para-hydroxylation sites is 3. The average molecular weight is 650 g/mol. The number of hydrogen-bond acceptors (Lipinski definition) is 6. The van der Waals surface area contributed by atoms with E-state index in [2.05, 4.69) is 36.4 Å². The molecule has 3 rings (SSSR count). The minimum absolute atomic E-state index is 0.445. The van der Waals surface area contributed by atoms with Crippen molar-refractivity contribution >= 4 is 52.9 Å². The molecule has 3 aromatic carbocycles. The van der Waals surface area contributed by atoms with Gasteiger partial charge >= 0.3 is 0 Å². The first-order valence-electron chi connectivity index (χ1n) is 14.8. The molecule has 0 aromatic heterocycles. The van der Waals surface area contributed by atoms with Crippen LogP contribution in [0.25, 0.3) is 0 Å². The highest BCUT2D eigenvalue weighted by molar-refractivity contribution is 6.60. The Morgan fingerprint density at radius 1 is 0.442 bits per heavy atom. The van der Waals surface area contributed by atoms with Crippen molar-refractivity contribution < 1.29 is 28.4 Å². The molecule has 0 N–H and O–H groups in total. The number of hydrogen-bond donors (Lipinski definition) is 0. The smallest absolute Gasteiger partial charge is 0.160 e. The first-order valence-corrected chi connectivity index (χ1v) is 20.5. The van der Waals surface area contributed by atoms with Crippen molar-refractivity contribution in [1.29, 1.82) is 0 Å². The van der Waals surface area contributed by atoms with Gasteiger partial charge in [-0.3, -0.25) is 0 Å². The predicted octanol–water partition coefficient (Wildman–Crippen LogP) is 5.05. The van der Waals surface area contributed by atoms with E-state index in [0.717, 1.165) is 63.1 Å². The highest BCUT2D eigenvalue weighted by Gasteiger charge is 2.16. The molecule has 0 amide bonds. The minimum Gasteiger partial charge on any atom is -0.493 e. The molecular formula is C33H45O6Si4. The maximum Gasteiger partial charge on any atom is 0.160 e. The fourth-order valence-electron chi connectivity index (χ4n) is 5.14. The quantitative estimate of drug-likeness (QED) is 0.119. The van der Waals surface area contributed by atoms with Gasteiger partial charge in [0.2, 0.25) is 0 Å². The summed E-state index contributed by atoms with van der Waals surface area (Å²) in [6.07, 6.45) is 3.81. The van der Waals surface area contributed by atoms with E-state index in [0.29, 0.717) is 0 Å². The third-order valence-electron chi connectivity index (χ3n) is 7.28. The fourth-order valence-corrected chi connectivity index (χ4v) is 12.6. The summed E-state index contributed by atoms with van der Waals surface area (Å²) in [5.74, 6) is 5.11. The van der Waals surface area contributed by atoms with Crippen LogP contribution in [0, 0.1) is 0 Å². The molecule has 0 bridgehead atoms. The predicted molar refractivity (Wildman–Crippen MR) is 183 cm³/mol. The van der Waals surface area contributed by atoms with Crippen molar-refractivity contribution in [3.63, 3.8) is 0 Å². The number of rotatable bonds is 21. The zero-order chi connectivity index (χ0) is 30.9. The summed E-state index contributed by atoms with van der Waals surface area (Å²) in [6, 6.07) is 26.3. The van der Waals surface area contributed by atoms with Crippen LogP contribution in [0.2, 0.25) is 36.3 Å². The molecular weight excluding hydrogens is 605 g/mol. The van der Waals surface area contributed by atoms with Crippen LogP contribution < -0.4 is 44.0 Å². The lowest BCUT2D eigenvalue weighted by Gasteiger charge is -2.17. The Bertz CT molecular complexity index is 1090. The summed E-state index contributed by atoms with van der Waals surface area (Å²) in [4.78, 5) is 0. The Kier molecular flexibility index (Phi) is 15.8. The van der Waals surface area contributed by atoms with Gasteiger partial charge in [-0.05, 0) is 33.8 Å². The zero-order valence-corrected chi connectivity index (χ0v) is 30.5. The maximum absolute atomic E-state index is 5.67. The Morgan fingerprint density at radius 2 is 0.744 bits per heavy atom. The molecule has 229 valence electrons. The van der Waals surface area contributed by atoms with Gasteiger partial charge in [0.1, 0.15) is 0 Å². The second-order valence-corrected chi connectivity index (χ2v) is 17.1. The summed E-state index contributed by atoms with van der Waals surface area (Å²) in [7, 11) is 12.1. The van der Waals surface area contributed by atoms with Crippen molar-refractivity contribution in [2.24, 2.45) is 0 Å². The number of ether oxygens (including phenoxy) is 6. The second-order valence-electron chi connectivity index (χ2n) is 9.96. The van der Waals surface area contributed by atoms with Gasteiger partial charge in [0, 0.05) is 8.80 Å². The first-order chi connectivity index (χ1) is 21.1. The molecule has 3 aromatic rings. The van der Waals surface area contributed by atoms with Crippen LogP contribution in [0.3, 0.4) is 0 Å². The Balaban J connectivity index is 1.54. The number of methoxy groups -OCH3 is 6. The van der Waals surface area contributed by atoms with Gasteiger partial charge in [0.25, 0.3) is 0 Å². The molecule has 7 radical (unpaired) electrons. The molecule has 43 heavy (non-hydrogen) atoms. The minimum atomic E-state index is -0.445. The van der Waals surface area contributed by atoms with Crippen molar-refractivity contribution in [3.8, 4) is 34.5 Å². The topological polar surface area (TPSA) is 55.4 Å². The van der Waals surface area contributed by atoms with Gasteiger partial charge in [-0.2, -0.15) is 0 Å². The third kappa shape index (κ3) is 10.5. The summed E-state index contributed by atoms with van der Waals surface area (Å²) in [5.41, 5.74) is 0. The van der Waals surface area contributed by atoms with Crippen molar-refractivity contribution in [2.45, 2.75) is 55.5 Å². The molecule has 0 spiro atoms. The molecule has 0 fully saturated rings. The summed E-state index contributed by atoms with van der Waals surface area (Å²) < 4.78 is 33.5. The largest absolute Gasteiger partial charge is 0.493 e. The number of benzene rings is 3. The van der Waals surface area contributed by atoms with Crippen LogP contribution in [0.1, 0.15) is 19.3 Å². The Morgan fingerprint density at radius 3 is 1.00 bits per heavy atom. The summed E-state index contributed by atoms with van der Waals surface area (Å²) >= 11 is 0. The standard InChI is InChI=1S/C33H45O6Si4/c1-34-25-13-7-16-28(31(25)37-4)40-19-10-22-43(23-11-20-41-29-17-8-14-26(35-2)32(29)38-5)24-12-21-42-30-18-9-15-27(36-3)33(30)39-6/h7-9,13-18H,10-12,19-24H2,1-6H3. The fraction of sp³-hybridized carbons (Fsp3) is 0.455. The maximum atomic E-state index is 5.67. The lowest BCUT2D eigenvalue weighted by atomic mass is 10.3. The lowest BCUT2D eigenvalue weighted by Crippen LogP contribution is -2.20. The highest BCUT2D eigenvalue weighted by Crippen LogP contribution is 2.26. The monoisotopic (exact) mass is 649 g/mol. The van der Waals surface area contributed by atoms with Crippen LogP contribution in [-0.4, -0.2) is 80.0 Å². The molecule has 0 saturated heterocycles. The normalized spacial score (nSPS) is 11.0. The van der Waals surface area contributed by atoms with E-state index in [9.17, 15) is 0 Å². The molecule has 0 aliphatic carbocycles. The van der Waals surface area contributed by atoms with Crippen LogP contribution >= 0.6 is 0 Å². The van der Waals surface area contributed by atoms with Crippen LogP contribution in [0.15, 0.2) is 54.6 Å². The van der Waals surface area contributed by atoms with Gasteiger partial charge < -0.3 is 28.4 Å².